The monoisotopic (exact) mass is 353 g/mol. The van der Waals surface area contributed by atoms with Crippen molar-refractivity contribution in [1.82, 2.24) is 24.7 Å². The molecular formula is C18H23N7O. The minimum absolute atomic E-state index is 0.0992. The van der Waals surface area contributed by atoms with Gasteiger partial charge in [-0.15, -0.1) is 0 Å². The fourth-order valence-electron chi connectivity index (χ4n) is 3.39. The highest BCUT2D eigenvalue weighted by Gasteiger charge is 2.33. The molecule has 26 heavy (non-hydrogen) atoms. The molecule has 0 aliphatic carbocycles. The standard InChI is InChI=1S/C18H23N7O/c1-19-18-20-7-6-17(23-18)24-11-14(15(12-24)26-2)21-9-13-10-22-16-5-3-4-8-25(13)16/h3-8,10,14-15,21H,9,11-12H2,1-2H3,(H,19,20,23)/t14-,15+/m1/s1. The highest BCUT2D eigenvalue weighted by atomic mass is 16.5. The number of anilines is 2. The average Bonchev–Trinajstić information content (AvgIpc) is 3.30. The van der Waals surface area contributed by atoms with Gasteiger partial charge in [-0.25, -0.2) is 9.97 Å². The predicted molar refractivity (Wildman–Crippen MR) is 100 cm³/mol. The van der Waals surface area contributed by atoms with Crippen LogP contribution in [-0.2, 0) is 11.3 Å². The van der Waals surface area contributed by atoms with Crippen molar-refractivity contribution in [2.75, 3.05) is 37.5 Å². The fraction of sp³-hybridized carbons (Fsp3) is 0.389. The van der Waals surface area contributed by atoms with Crippen LogP contribution >= 0.6 is 0 Å². The van der Waals surface area contributed by atoms with Crippen molar-refractivity contribution in [3.05, 3.63) is 48.5 Å². The molecule has 0 amide bonds. The second-order valence-corrected chi connectivity index (χ2v) is 6.33. The van der Waals surface area contributed by atoms with Gasteiger partial charge in [-0.1, -0.05) is 6.07 Å². The Morgan fingerprint density at radius 3 is 3.00 bits per heavy atom. The molecular weight excluding hydrogens is 330 g/mol. The van der Waals surface area contributed by atoms with Gasteiger partial charge in [-0.3, -0.25) is 0 Å². The Kier molecular flexibility index (Phi) is 4.68. The van der Waals surface area contributed by atoms with Crippen LogP contribution in [0.15, 0.2) is 42.9 Å². The lowest BCUT2D eigenvalue weighted by Crippen LogP contribution is -2.39. The summed E-state index contributed by atoms with van der Waals surface area (Å²) < 4.78 is 7.81. The van der Waals surface area contributed by atoms with Gasteiger partial charge in [0.15, 0.2) is 0 Å². The van der Waals surface area contributed by atoms with Crippen LogP contribution in [-0.4, -0.2) is 58.7 Å². The first-order chi connectivity index (χ1) is 12.8. The lowest BCUT2D eigenvalue weighted by Gasteiger charge is -2.18. The van der Waals surface area contributed by atoms with E-state index in [1.54, 1.807) is 13.3 Å². The molecule has 1 aliphatic rings. The molecule has 0 saturated carbocycles. The van der Waals surface area contributed by atoms with Gasteiger partial charge in [-0.05, 0) is 18.2 Å². The number of hydrogen-bond donors (Lipinski definition) is 2. The van der Waals surface area contributed by atoms with E-state index in [1.807, 2.05) is 43.7 Å². The second kappa shape index (κ2) is 7.27. The molecule has 3 aromatic rings. The molecule has 1 saturated heterocycles. The third-order valence-electron chi connectivity index (χ3n) is 4.80. The van der Waals surface area contributed by atoms with Crippen LogP contribution in [0.3, 0.4) is 0 Å². The Balaban J connectivity index is 1.46. The first-order valence-electron chi connectivity index (χ1n) is 8.71. The molecule has 0 bridgehead atoms. The molecule has 4 rings (SSSR count). The van der Waals surface area contributed by atoms with E-state index < -0.39 is 0 Å². The number of hydrogen-bond acceptors (Lipinski definition) is 7. The fourth-order valence-corrected chi connectivity index (χ4v) is 3.39. The summed E-state index contributed by atoms with van der Waals surface area (Å²) in [5, 5.41) is 6.60. The molecule has 1 aliphatic heterocycles. The van der Waals surface area contributed by atoms with Crippen LogP contribution < -0.4 is 15.5 Å². The molecule has 4 heterocycles. The number of nitrogens with one attached hydrogen (secondary N) is 2. The summed E-state index contributed by atoms with van der Waals surface area (Å²) in [5.41, 5.74) is 2.09. The SMILES string of the molecule is CNc1nccc(N2C[C@H](OC)[C@H](NCc3cnc4ccccn34)C2)n1. The van der Waals surface area contributed by atoms with E-state index in [9.17, 15) is 0 Å². The molecule has 1 fully saturated rings. The quantitative estimate of drug-likeness (QED) is 0.688. The number of nitrogens with zero attached hydrogens (tertiary/aromatic N) is 5. The van der Waals surface area contributed by atoms with Gasteiger partial charge < -0.3 is 24.7 Å². The van der Waals surface area contributed by atoms with Crippen molar-refractivity contribution in [1.29, 1.82) is 0 Å². The lowest BCUT2D eigenvalue weighted by atomic mass is 10.2. The third kappa shape index (κ3) is 3.21. The first-order valence-corrected chi connectivity index (χ1v) is 8.71. The highest BCUT2D eigenvalue weighted by molar-refractivity contribution is 5.44. The zero-order chi connectivity index (χ0) is 17.9. The van der Waals surface area contributed by atoms with E-state index in [4.69, 9.17) is 4.74 Å². The minimum Gasteiger partial charge on any atom is -0.378 e. The van der Waals surface area contributed by atoms with Gasteiger partial charge in [0.05, 0.1) is 24.0 Å². The number of ether oxygens (including phenoxy) is 1. The van der Waals surface area contributed by atoms with E-state index >= 15 is 0 Å². The molecule has 0 aromatic carbocycles. The number of rotatable bonds is 6. The molecule has 2 N–H and O–H groups in total. The lowest BCUT2D eigenvalue weighted by molar-refractivity contribution is 0.0965. The summed E-state index contributed by atoms with van der Waals surface area (Å²) in [6.45, 7) is 2.35. The van der Waals surface area contributed by atoms with Gasteiger partial charge in [0, 0.05) is 46.2 Å². The Hall–Kier alpha value is -2.71. The van der Waals surface area contributed by atoms with Gasteiger partial charge in [0.2, 0.25) is 5.95 Å². The third-order valence-corrected chi connectivity index (χ3v) is 4.80. The largest absolute Gasteiger partial charge is 0.378 e. The summed E-state index contributed by atoms with van der Waals surface area (Å²) in [6, 6.07) is 8.16. The molecule has 0 unspecified atom stereocenters. The smallest absolute Gasteiger partial charge is 0.224 e. The maximum atomic E-state index is 5.70. The number of aromatic nitrogens is 4. The topological polar surface area (TPSA) is 79.6 Å². The van der Waals surface area contributed by atoms with Crippen molar-refractivity contribution in [2.24, 2.45) is 0 Å². The Bertz CT molecular complexity index is 881. The van der Waals surface area contributed by atoms with Crippen molar-refractivity contribution in [3.63, 3.8) is 0 Å². The Morgan fingerprint density at radius 1 is 1.23 bits per heavy atom. The van der Waals surface area contributed by atoms with Crippen molar-refractivity contribution in [2.45, 2.75) is 18.7 Å². The summed E-state index contributed by atoms with van der Waals surface area (Å²) in [4.78, 5) is 15.4. The van der Waals surface area contributed by atoms with Gasteiger partial charge in [0.25, 0.3) is 0 Å². The van der Waals surface area contributed by atoms with Gasteiger partial charge in [-0.2, -0.15) is 4.98 Å². The van der Waals surface area contributed by atoms with Crippen LogP contribution in [0, 0.1) is 0 Å². The maximum absolute atomic E-state index is 5.70. The zero-order valence-electron chi connectivity index (χ0n) is 15.0. The van der Waals surface area contributed by atoms with Crippen LogP contribution in [0.5, 0.6) is 0 Å². The van der Waals surface area contributed by atoms with Crippen LogP contribution in [0.2, 0.25) is 0 Å². The summed E-state index contributed by atoms with van der Waals surface area (Å²) >= 11 is 0. The Labute approximate surface area is 152 Å². The molecule has 3 aromatic heterocycles. The van der Waals surface area contributed by atoms with E-state index in [1.165, 1.54) is 0 Å². The number of fused-ring (bicyclic) bond motifs is 1. The van der Waals surface area contributed by atoms with Crippen molar-refractivity contribution < 1.29 is 4.74 Å². The molecule has 0 spiro atoms. The summed E-state index contributed by atoms with van der Waals surface area (Å²) in [5.74, 6) is 1.53. The number of methoxy groups -OCH3 is 1. The van der Waals surface area contributed by atoms with Gasteiger partial charge >= 0.3 is 0 Å². The van der Waals surface area contributed by atoms with E-state index in [0.29, 0.717) is 5.95 Å². The molecule has 8 nitrogen and oxygen atoms in total. The summed E-state index contributed by atoms with van der Waals surface area (Å²) in [6.07, 6.45) is 5.83. The molecule has 0 radical (unpaired) electrons. The zero-order valence-corrected chi connectivity index (χ0v) is 15.0. The maximum Gasteiger partial charge on any atom is 0.224 e. The van der Waals surface area contributed by atoms with E-state index in [2.05, 4.69) is 34.9 Å². The highest BCUT2D eigenvalue weighted by Crippen LogP contribution is 2.21. The normalized spacial score (nSPS) is 20.0. The average molecular weight is 353 g/mol. The van der Waals surface area contributed by atoms with Crippen LogP contribution in [0.4, 0.5) is 11.8 Å². The van der Waals surface area contributed by atoms with Crippen molar-refractivity contribution >= 4 is 17.4 Å². The summed E-state index contributed by atoms with van der Waals surface area (Å²) in [7, 11) is 3.58. The molecule has 8 heteroatoms. The molecule has 136 valence electrons. The van der Waals surface area contributed by atoms with E-state index in [-0.39, 0.29) is 12.1 Å². The van der Waals surface area contributed by atoms with Crippen LogP contribution in [0.1, 0.15) is 5.69 Å². The van der Waals surface area contributed by atoms with Gasteiger partial charge in [0.1, 0.15) is 11.5 Å². The molecule has 2 atom stereocenters. The minimum atomic E-state index is 0.0992. The Morgan fingerprint density at radius 2 is 2.15 bits per heavy atom. The van der Waals surface area contributed by atoms with E-state index in [0.717, 1.165) is 36.8 Å². The second-order valence-electron chi connectivity index (χ2n) is 6.33. The number of pyridine rings is 1. The predicted octanol–water partition coefficient (Wildman–Crippen LogP) is 1.16. The first kappa shape index (κ1) is 16.7. The van der Waals surface area contributed by atoms with Crippen LogP contribution in [0.25, 0.3) is 5.65 Å². The van der Waals surface area contributed by atoms with Crippen molar-refractivity contribution in [3.8, 4) is 0 Å². The number of imidazole rings is 1.